The van der Waals surface area contributed by atoms with E-state index in [0.29, 0.717) is 0 Å². The van der Waals surface area contributed by atoms with E-state index >= 15 is 0 Å². The molecule has 3 unspecified atom stereocenters. The fraction of sp³-hybridized carbons (Fsp3) is 0.667. The lowest BCUT2D eigenvalue weighted by atomic mass is 10.1. The topological polar surface area (TPSA) is 32.3 Å². The molecule has 3 nitrogen and oxygen atoms in total. The van der Waals surface area contributed by atoms with Crippen LogP contribution in [0.25, 0.3) is 0 Å². The SMILES string of the molecule is CCCC1NC(c2ccsc2)N(C(C)CSCC)C1=O. The molecular formula is C15H24N2OS2. The van der Waals surface area contributed by atoms with Crippen molar-refractivity contribution in [3.05, 3.63) is 22.4 Å². The van der Waals surface area contributed by atoms with Crippen LogP contribution in [0.1, 0.15) is 45.3 Å². The van der Waals surface area contributed by atoms with Gasteiger partial charge in [-0.1, -0.05) is 20.3 Å². The summed E-state index contributed by atoms with van der Waals surface area (Å²) in [4.78, 5) is 14.7. The van der Waals surface area contributed by atoms with E-state index in [1.165, 1.54) is 5.56 Å². The highest BCUT2D eigenvalue weighted by atomic mass is 32.2. The number of hydrogen-bond acceptors (Lipinski definition) is 4. The van der Waals surface area contributed by atoms with Gasteiger partial charge in [-0.05, 0) is 41.5 Å². The molecule has 1 aliphatic heterocycles. The quantitative estimate of drug-likeness (QED) is 0.836. The Morgan fingerprint density at radius 2 is 2.30 bits per heavy atom. The fourth-order valence-corrected chi connectivity index (χ4v) is 4.09. The average molecular weight is 313 g/mol. The van der Waals surface area contributed by atoms with Gasteiger partial charge in [-0.3, -0.25) is 10.1 Å². The molecule has 1 amide bonds. The Balaban J connectivity index is 2.16. The summed E-state index contributed by atoms with van der Waals surface area (Å²) < 4.78 is 0. The van der Waals surface area contributed by atoms with Crippen molar-refractivity contribution in [2.75, 3.05) is 11.5 Å². The Kier molecular flexibility index (Phi) is 5.93. The van der Waals surface area contributed by atoms with Gasteiger partial charge >= 0.3 is 0 Å². The lowest BCUT2D eigenvalue weighted by Crippen LogP contribution is -2.39. The number of carbonyl (C=O) groups is 1. The van der Waals surface area contributed by atoms with Gasteiger partial charge in [0.25, 0.3) is 0 Å². The molecule has 20 heavy (non-hydrogen) atoms. The lowest BCUT2D eigenvalue weighted by molar-refractivity contribution is -0.131. The van der Waals surface area contributed by atoms with E-state index in [9.17, 15) is 4.79 Å². The predicted octanol–water partition coefficient (Wildman–Crippen LogP) is 3.49. The summed E-state index contributed by atoms with van der Waals surface area (Å²) in [5, 5.41) is 7.75. The summed E-state index contributed by atoms with van der Waals surface area (Å²) in [6, 6.07) is 2.38. The van der Waals surface area contributed by atoms with Gasteiger partial charge in [0.2, 0.25) is 5.91 Å². The van der Waals surface area contributed by atoms with Gasteiger partial charge < -0.3 is 4.90 Å². The smallest absolute Gasteiger partial charge is 0.241 e. The first-order valence-corrected chi connectivity index (χ1v) is 9.46. The molecule has 0 radical (unpaired) electrons. The van der Waals surface area contributed by atoms with Crippen molar-refractivity contribution in [2.24, 2.45) is 0 Å². The molecule has 5 heteroatoms. The second-order valence-electron chi connectivity index (χ2n) is 5.22. The maximum atomic E-state index is 12.7. The number of nitrogens with one attached hydrogen (secondary N) is 1. The Hall–Kier alpha value is -0.520. The molecule has 1 fully saturated rings. The minimum absolute atomic E-state index is 0.0148. The Bertz CT molecular complexity index is 422. The zero-order valence-corrected chi connectivity index (χ0v) is 14.1. The van der Waals surface area contributed by atoms with Crippen LogP contribution < -0.4 is 5.32 Å². The van der Waals surface area contributed by atoms with Crippen molar-refractivity contribution < 1.29 is 4.79 Å². The first-order chi connectivity index (χ1) is 9.69. The molecule has 1 aliphatic rings. The molecule has 0 bridgehead atoms. The molecule has 112 valence electrons. The molecule has 1 saturated heterocycles. The maximum absolute atomic E-state index is 12.7. The maximum Gasteiger partial charge on any atom is 0.241 e. The minimum Gasteiger partial charge on any atom is -0.318 e. The number of carbonyl (C=O) groups excluding carboxylic acids is 1. The summed E-state index contributed by atoms with van der Waals surface area (Å²) in [5.41, 5.74) is 1.22. The molecular weight excluding hydrogens is 288 g/mol. The Morgan fingerprint density at radius 1 is 1.50 bits per heavy atom. The van der Waals surface area contributed by atoms with Crippen LogP contribution in [-0.2, 0) is 4.79 Å². The van der Waals surface area contributed by atoms with Crippen LogP contribution in [0.15, 0.2) is 16.8 Å². The van der Waals surface area contributed by atoms with E-state index in [-0.39, 0.29) is 24.2 Å². The van der Waals surface area contributed by atoms with E-state index in [1.54, 1.807) is 11.3 Å². The number of hydrogen-bond donors (Lipinski definition) is 1. The van der Waals surface area contributed by atoms with Crippen LogP contribution in [-0.4, -0.2) is 34.4 Å². The summed E-state index contributed by atoms with van der Waals surface area (Å²) in [6.45, 7) is 6.46. The van der Waals surface area contributed by atoms with Gasteiger partial charge in [-0.25, -0.2) is 0 Å². The van der Waals surface area contributed by atoms with Gasteiger partial charge in [-0.15, -0.1) is 0 Å². The van der Waals surface area contributed by atoms with Crippen molar-refractivity contribution in [2.45, 2.75) is 51.9 Å². The van der Waals surface area contributed by atoms with Crippen LogP contribution >= 0.6 is 23.1 Å². The molecule has 0 saturated carbocycles. The van der Waals surface area contributed by atoms with Crippen molar-refractivity contribution in [1.82, 2.24) is 10.2 Å². The van der Waals surface area contributed by atoms with Crippen LogP contribution in [0.4, 0.5) is 0 Å². The van der Waals surface area contributed by atoms with Gasteiger partial charge in [0.05, 0.1) is 6.04 Å². The highest BCUT2D eigenvalue weighted by Crippen LogP contribution is 2.31. The predicted molar refractivity (Wildman–Crippen MR) is 88.2 cm³/mol. The zero-order valence-electron chi connectivity index (χ0n) is 12.5. The standard InChI is InChI=1S/C15H24N2OS2/c1-4-6-13-15(18)17(11(3)9-19-5-2)14(16-13)12-7-8-20-10-12/h7-8,10-11,13-14,16H,4-6,9H2,1-3H3. The van der Waals surface area contributed by atoms with Gasteiger partial charge in [0, 0.05) is 11.8 Å². The largest absolute Gasteiger partial charge is 0.318 e. The molecule has 2 rings (SSSR count). The molecule has 1 aromatic heterocycles. The number of thioether (sulfide) groups is 1. The van der Waals surface area contributed by atoms with Crippen LogP contribution in [0.3, 0.4) is 0 Å². The summed E-state index contributed by atoms with van der Waals surface area (Å²) in [5.74, 6) is 2.37. The van der Waals surface area contributed by atoms with E-state index in [2.05, 4.69) is 47.8 Å². The highest BCUT2D eigenvalue weighted by Gasteiger charge is 2.41. The second kappa shape index (κ2) is 7.48. The third-order valence-electron chi connectivity index (χ3n) is 3.66. The number of thiophene rings is 1. The van der Waals surface area contributed by atoms with E-state index in [1.807, 2.05) is 11.8 Å². The Labute approximate surface area is 130 Å². The van der Waals surface area contributed by atoms with Crippen molar-refractivity contribution >= 4 is 29.0 Å². The van der Waals surface area contributed by atoms with E-state index < -0.39 is 0 Å². The summed E-state index contributed by atoms with van der Waals surface area (Å²) >= 11 is 3.59. The van der Waals surface area contributed by atoms with Crippen molar-refractivity contribution in [3.8, 4) is 0 Å². The first-order valence-electron chi connectivity index (χ1n) is 7.37. The molecule has 2 heterocycles. The molecule has 0 aromatic carbocycles. The highest BCUT2D eigenvalue weighted by molar-refractivity contribution is 7.99. The van der Waals surface area contributed by atoms with E-state index in [4.69, 9.17) is 0 Å². The van der Waals surface area contributed by atoms with E-state index in [0.717, 1.165) is 24.3 Å². The monoisotopic (exact) mass is 312 g/mol. The van der Waals surface area contributed by atoms with Gasteiger partial charge in [0.1, 0.15) is 6.17 Å². The molecule has 0 spiro atoms. The van der Waals surface area contributed by atoms with Gasteiger partial charge in [0.15, 0.2) is 0 Å². The zero-order chi connectivity index (χ0) is 14.5. The number of rotatable bonds is 7. The average Bonchev–Trinajstić information content (AvgIpc) is 3.05. The molecule has 1 N–H and O–H groups in total. The van der Waals surface area contributed by atoms with Crippen LogP contribution in [0, 0.1) is 0 Å². The lowest BCUT2D eigenvalue weighted by Gasteiger charge is -2.30. The Morgan fingerprint density at radius 3 is 2.90 bits per heavy atom. The van der Waals surface area contributed by atoms with Crippen LogP contribution in [0.2, 0.25) is 0 Å². The fourth-order valence-electron chi connectivity index (χ4n) is 2.67. The minimum atomic E-state index is -0.0148. The third-order valence-corrected chi connectivity index (χ3v) is 5.49. The third kappa shape index (κ3) is 3.38. The van der Waals surface area contributed by atoms with Crippen molar-refractivity contribution in [1.29, 1.82) is 0 Å². The summed E-state index contributed by atoms with van der Waals surface area (Å²) in [7, 11) is 0. The summed E-state index contributed by atoms with van der Waals surface area (Å²) in [6.07, 6.45) is 2.01. The normalized spacial score (nSPS) is 24.4. The van der Waals surface area contributed by atoms with Crippen molar-refractivity contribution in [3.63, 3.8) is 0 Å². The van der Waals surface area contributed by atoms with Crippen LogP contribution in [0.5, 0.6) is 0 Å². The molecule has 1 aromatic rings. The number of amides is 1. The molecule has 3 atom stereocenters. The molecule has 0 aliphatic carbocycles. The second-order valence-corrected chi connectivity index (χ2v) is 7.32. The first kappa shape index (κ1) is 15.9. The number of nitrogens with zero attached hydrogens (tertiary/aromatic N) is 1. The van der Waals surface area contributed by atoms with Gasteiger partial charge in [-0.2, -0.15) is 23.1 Å².